The Hall–Kier alpha value is -2.28. The number of halogens is 1. The van der Waals surface area contributed by atoms with Crippen LogP contribution in [0.5, 0.6) is 0 Å². The zero-order valence-electron chi connectivity index (χ0n) is 15.4. The normalized spacial score (nSPS) is 19.5. The van der Waals surface area contributed by atoms with Gasteiger partial charge in [0.25, 0.3) is 5.91 Å². The van der Waals surface area contributed by atoms with E-state index in [2.05, 4.69) is 0 Å². The van der Waals surface area contributed by atoms with Gasteiger partial charge in [-0.2, -0.15) is 0 Å². The third-order valence-electron chi connectivity index (χ3n) is 4.61. The molecule has 3 rings (SSSR count). The molecule has 0 aliphatic carbocycles. The minimum Gasteiger partial charge on any atom is -0.459 e. The summed E-state index contributed by atoms with van der Waals surface area (Å²) < 4.78 is 18.8. The third-order valence-corrected chi connectivity index (χ3v) is 6.26. The summed E-state index contributed by atoms with van der Waals surface area (Å²) in [4.78, 5) is 28.3. The van der Waals surface area contributed by atoms with Gasteiger partial charge in [0, 0.05) is 20.1 Å². The third kappa shape index (κ3) is 4.35. The summed E-state index contributed by atoms with van der Waals surface area (Å²) in [7, 11) is 1.71. The van der Waals surface area contributed by atoms with E-state index in [-0.39, 0.29) is 28.3 Å². The van der Waals surface area contributed by atoms with Crippen LogP contribution in [0.3, 0.4) is 0 Å². The van der Waals surface area contributed by atoms with Crippen LogP contribution in [0.2, 0.25) is 0 Å². The van der Waals surface area contributed by atoms with Crippen LogP contribution < -0.4 is 0 Å². The number of nitrogens with zero attached hydrogens (tertiary/aromatic N) is 2. The van der Waals surface area contributed by atoms with Crippen molar-refractivity contribution >= 4 is 23.6 Å². The molecular weight excluding hydrogens is 367 g/mol. The number of carbonyl (C=O) groups excluding carboxylic acids is 2. The van der Waals surface area contributed by atoms with Crippen LogP contribution in [0.1, 0.15) is 41.3 Å². The van der Waals surface area contributed by atoms with Crippen LogP contribution in [0, 0.1) is 5.82 Å². The first kappa shape index (κ1) is 19.5. The molecule has 0 bridgehead atoms. The highest BCUT2D eigenvalue weighted by Crippen LogP contribution is 2.44. The van der Waals surface area contributed by atoms with Crippen molar-refractivity contribution in [2.24, 2.45) is 0 Å². The molecule has 1 aromatic heterocycles. The van der Waals surface area contributed by atoms with Gasteiger partial charge in [0.15, 0.2) is 5.76 Å². The molecule has 1 aliphatic rings. The van der Waals surface area contributed by atoms with Crippen molar-refractivity contribution in [1.82, 2.24) is 9.80 Å². The Morgan fingerprint density at radius 3 is 2.81 bits per heavy atom. The largest absolute Gasteiger partial charge is 0.459 e. The fraction of sp³-hybridized carbons (Fsp3) is 0.400. The molecular formula is C20H23FN2O3S. The fourth-order valence-electron chi connectivity index (χ4n) is 3.17. The van der Waals surface area contributed by atoms with E-state index in [9.17, 15) is 14.0 Å². The second-order valence-corrected chi connectivity index (χ2v) is 7.82. The predicted octanol–water partition coefficient (Wildman–Crippen LogP) is 3.93. The highest BCUT2D eigenvalue weighted by atomic mass is 32.2. The SMILES string of the molecule is CCC1SC(c2cccc(F)c2)N(CCCN(C)C(=O)c2ccco2)C1=O. The molecule has 2 atom stereocenters. The van der Waals surface area contributed by atoms with Gasteiger partial charge in [-0.3, -0.25) is 9.59 Å². The van der Waals surface area contributed by atoms with Crippen molar-refractivity contribution in [1.29, 1.82) is 0 Å². The number of benzene rings is 1. The molecule has 0 radical (unpaired) electrons. The van der Waals surface area contributed by atoms with Crippen LogP contribution in [0.25, 0.3) is 0 Å². The highest BCUT2D eigenvalue weighted by molar-refractivity contribution is 8.01. The van der Waals surface area contributed by atoms with Gasteiger partial charge in [0.1, 0.15) is 11.2 Å². The maximum absolute atomic E-state index is 13.6. The van der Waals surface area contributed by atoms with E-state index < -0.39 is 0 Å². The van der Waals surface area contributed by atoms with Crippen LogP contribution in [0.4, 0.5) is 4.39 Å². The Morgan fingerprint density at radius 2 is 2.15 bits per heavy atom. The lowest BCUT2D eigenvalue weighted by Crippen LogP contribution is -2.35. The van der Waals surface area contributed by atoms with Crippen molar-refractivity contribution in [3.8, 4) is 0 Å². The van der Waals surface area contributed by atoms with Gasteiger partial charge in [0.05, 0.1) is 11.5 Å². The topological polar surface area (TPSA) is 53.8 Å². The quantitative estimate of drug-likeness (QED) is 0.719. The number of amides is 2. The molecule has 0 saturated carbocycles. The summed E-state index contributed by atoms with van der Waals surface area (Å²) in [5, 5.41) is -0.301. The molecule has 27 heavy (non-hydrogen) atoms. The molecule has 1 saturated heterocycles. The average Bonchev–Trinajstić information content (AvgIpc) is 3.30. The number of hydrogen-bond acceptors (Lipinski definition) is 4. The van der Waals surface area contributed by atoms with Crippen LogP contribution >= 0.6 is 11.8 Å². The molecule has 0 N–H and O–H groups in total. The maximum atomic E-state index is 13.6. The predicted molar refractivity (Wildman–Crippen MR) is 103 cm³/mol. The lowest BCUT2D eigenvalue weighted by atomic mass is 10.2. The molecule has 2 amide bonds. The second-order valence-electron chi connectivity index (χ2n) is 6.53. The maximum Gasteiger partial charge on any atom is 0.289 e. The number of carbonyl (C=O) groups is 2. The van der Waals surface area contributed by atoms with E-state index in [4.69, 9.17) is 4.42 Å². The molecule has 2 unspecified atom stereocenters. The van der Waals surface area contributed by atoms with E-state index in [1.807, 2.05) is 13.0 Å². The zero-order valence-corrected chi connectivity index (χ0v) is 16.2. The van der Waals surface area contributed by atoms with E-state index in [0.717, 1.165) is 12.0 Å². The van der Waals surface area contributed by atoms with Crippen LogP contribution in [-0.4, -0.2) is 47.0 Å². The lowest BCUT2D eigenvalue weighted by molar-refractivity contribution is -0.130. The molecule has 1 aliphatic heterocycles. The fourth-order valence-corrected chi connectivity index (χ4v) is 4.59. The Balaban J connectivity index is 1.64. The van der Waals surface area contributed by atoms with Gasteiger partial charge < -0.3 is 14.2 Å². The van der Waals surface area contributed by atoms with E-state index in [1.54, 1.807) is 46.8 Å². The molecule has 144 valence electrons. The van der Waals surface area contributed by atoms with Gasteiger partial charge in [-0.15, -0.1) is 11.8 Å². The minimum atomic E-state index is -0.302. The monoisotopic (exact) mass is 390 g/mol. The summed E-state index contributed by atoms with van der Waals surface area (Å²) >= 11 is 1.57. The summed E-state index contributed by atoms with van der Waals surface area (Å²) in [6.45, 7) is 3.00. The Labute approximate surface area is 162 Å². The molecule has 1 fully saturated rings. The highest BCUT2D eigenvalue weighted by Gasteiger charge is 2.39. The van der Waals surface area contributed by atoms with E-state index in [0.29, 0.717) is 25.3 Å². The van der Waals surface area contributed by atoms with Crippen molar-refractivity contribution < 1.29 is 18.4 Å². The first-order valence-corrected chi connectivity index (χ1v) is 9.96. The van der Waals surface area contributed by atoms with Crippen molar-refractivity contribution in [2.45, 2.75) is 30.4 Å². The lowest BCUT2D eigenvalue weighted by Gasteiger charge is -2.25. The second kappa shape index (κ2) is 8.61. The standard InChI is InChI=1S/C20H23FN2O3S/c1-3-17-19(25)23(20(27-17)14-7-4-8-15(21)13-14)11-6-10-22(2)18(24)16-9-5-12-26-16/h4-5,7-9,12-13,17,20H,3,6,10-11H2,1-2H3. The van der Waals surface area contributed by atoms with Crippen molar-refractivity contribution in [3.05, 3.63) is 59.8 Å². The Kier molecular flexibility index (Phi) is 6.21. The molecule has 7 heteroatoms. The minimum absolute atomic E-state index is 0.0803. The van der Waals surface area contributed by atoms with Crippen molar-refractivity contribution in [3.63, 3.8) is 0 Å². The molecule has 1 aromatic carbocycles. The number of furan rings is 1. The average molecular weight is 390 g/mol. The van der Waals surface area contributed by atoms with Crippen LogP contribution in [0.15, 0.2) is 47.1 Å². The van der Waals surface area contributed by atoms with Gasteiger partial charge in [-0.25, -0.2) is 4.39 Å². The summed E-state index contributed by atoms with van der Waals surface area (Å²) in [5.41, 5.74) is 0.796. The van der Waals surface area contributed by atoms with Gasteiger partial charge in [0.2, 0.25) is 5.91 Å². The summed E-state index contributed by atoms with van der Waals surface area (Å²) in [5.74, 6) is -0.106. The molecule has 2 heterocycles. The van der Waals surface area contributed by atoms with Crippen LogP contribution in [-0.2, 0) is 4.79 Å². The van der Waals surface area contributed by atoms with Gasteiger partial charge >= 0.3 is 0 Å². The van der Waals surface area contributed by atoms with E-state index >= 15 is 0 Å². The smallest absolute Gasteiger partial charge is 0.289 e. The first-order chi connectivity index (χ1) is 13.0. The molecule has 0 spiro atoms. The van der Waals surface area contributed by atoms with Crippen molar-refractivity contribution in [2.75, 3.05) is 20.1 Å². The number of thioether (sulfide) groups is 1. The Bertz CT molecular complexity index is 796. The van der Waals surface area contributed by atoms with E-state index in [1.165, 1.54) is 18.4 Å². The Morgan fingerprint density at radius 1 is 1.33 bits per heavy atom. The van der Waals surface area contributed by atoms with Gasteiger partial charge in [-0.1, -0.05) is 19.1 Å². The summed E-state index contributed by atoms with van der Waals surface area (Å²) in [6, 6.07) is 9.72. The molecule has 2 aromatic rings. The number of rotatable bonds is 7. The first-order valence-electron chi connectivity index (χ1n) is 9.01. The number of hydrogen-bond donors (Lipinski definition) is 0. The molecule has 5 nitrogen and oxygen atoms in total. The zero-order chi connectivity index (χ0) is 19.4. The van der Waals surface area contributed by atoms with Gasteiger partial charge in [-0.05, 0) is 42.7 Å². The summed E-state index contributed by atoms with van der Waals surface area (Å²) in [6.07, 6.45) is 2.84.